The monoisotopic (exact) mass is 412 g/mol. The summed E-state index contributed by atoms with van der Waals surface area (Å²) in [6.07, 6.45) is 0.417. The molecule has 0 saturated heterocycles. The number of methoxy groups -OCH3 is 1. The van der Waals surface area contributed by atoms with Gasteiger partial charge in [0.15, 0.2) is 0 Å². The second kappa shape index (κ2) is 7.09. The molecule has 0 spiro atoms. The molecule has 110 valence electrons. The number of benzene rings is 2. The zero-order chi connectivity index (χ0) is 15.4. The van der Waals surface area contributed by atoms with Crippen LogP contribution < -0.4 is 4.74 Å². The van der Waals surface area contributed by atoms with Gasteiger partial charge in [-0.25, -0.2) is 0 Å². The number of hydrogen-bond donors (Lipinski definition) is 1. The average molecular weight is 414 g/mol. The molecule has 0 saturated carbocycles. The molecule has 0 radical (unpaired) electrons. The number of halogens is 2. The van der Waals surface area contributed by atoms with Crippen LogP contribution in [-0.2, 0) is 11.2 Å². The van der Waals surface area contributed by atoms with E-state index in [1.54, 1.807) is 7.11 Å². The Morgan fingerprint density at radius 1 is 1.19 bits per heavy atom. The Kier molecular flexibility index (Phi) is 5.42. The fourth-order valence-corrected chi connectivity index (χ4v) is 3.31. The molecule has 0 amide bonds. The number of aliphatic carboxylic acids is 1. The molecule has 21 heavy (non-hydrogen) atoms. The third-order valence-electron chi connectivity index (χ3n) is 3.23. The summed E-state index contributed by atoms with van der Waals surface area (Å²) in [5.41, 5.74) is 1.71. The fourth-order valence-electron chi connectivity index (χ4n) is 2.16. The second-order valence-corrected chi connectivity index (χ2v) is 6.29. The summed E-state index contributed by atoms with van der Waals surface area (Å²) in [5, 5.41) is 9.53. The van der Waals surface area contributed by atoms with Gasteiger partial charge in [0.25, 0.3) is 0 Å². The molecule has 0 heterocycles. The minimum Gasteiger partial charge on any atom is -0.496 e. The van der Waals surface area contributed by atoms with Crippen molar-refractivity contribution in [2.24, 2.45) is 0 Å². The Morgan fingerprint density at radius 2 is 1.90 bits per heavy atom. The lowest BCUT2D eigenvalue weighted by Gasteiger charge is -2.15. The van der Waals surface area contributed by atoms with Crippen molar-refractivity contribution >= 4 is 37.8 Å². The zero-order valence-corrected chi connectivity index (χ0v) is 14.5. The average Bonchev–Trinajstić information content (AvgIpc) is 2.45. The van der Waals surface area contributed by atoms with Crippen LogP contribution in [0.25, 0.3) is 0 Å². The van der Waals surface area contributed by atoms with Crippen molar-refractivity contribution in [2.75, 3.05) is 7.11 Å². The molecule has 2 rings (SSSR count). The molecule has 2 aromatic carbocycles. The zero-order valence-electron chi connectivity index (χ0n) is 11.3. The van der Waals surface area contributed by atoms with Gasteiger partial charge in [0.05, 0.1) is 17.5 Å². The van der Waals surface area contributed by atoms with Crippen LogP contribution in [0.1, 0.15) is 17.0 Å². The molecule has 5 heteroatoms. The first-order valence-electron chi connectivity index (χ1n) is 6.32. The van der Waals surface area contributed by atoms with Gasteiger partial charge in [0.1, 0.15) is 5.75 Å². The van der Waals surface area contributed by atoms with E-state index < -0.39 is 11.9 Å². The Labute approximate surface area is 140 Å². The van der Waals surface area contributed by atoms with E-state index in [9.17, 15) is 9.90 Å². The van der Waals surface area contributed by atoms with Gasteiger partial charge in [0.2, 0.25) is 0 Å². The minimum absolute atomic E-state index is 0.417. The first-order chi connectivity index (χ1) is 10.0. The standard InChI is InChI=1S/C16H14Br2O3/c1-21-15-7-6-10(9-14(15)18)8-12(16(19)20)11-4-2-3-5-13(11)17/h2-7,9,12H,8H2,1H3,(H,19,20). The summed E-state index contributed by atoms with van der Waals surface area (Å²) < 4.78 is 6.81. The van der Waals surface area contributed by atoms with Crippen LogP contribution in [0.2, 0.25) is 0 Å². The molecular formula is C16H14Br2O3. The highest BCUT2D eigenvalue weighted by Gasteiger charge is 2.22. The minimum atomic E-state index is -0.839. The van der Waals surface area contributed by atoms with Gasteiger partial charge in [-0.3, -0.25) is 4.79 Å². The Bertz CT molecular complexity index is 656. The molecule has 2 aromatic rings. The Morgan fingerprint density at radius 3 is 2.48 bits per heavy atom. The molecule has 0 fully saturated rings. The van der Waals surface area contributed by atoms with Gasteiger partial charge in [-0.15, -0.1) is 0 Å². The quantitative estimate of drug-likeness (QED) is 0.777. The summed E-state index contributed by atoms with van der Waals surface area (Å²) in [6, 6.07) is 13.0. The highest BCUT2D eigenvalue weighted by molar-refractivity contribution is 9.10. The number of hydrogen-bond acceptors (Lipinski definition) is 2. The van der Waals surface area contributed by atoms with E-state index in [2.05, 4.69) is 31.9 Å². The number of carbonyl (C=O) groups is 1. The van der Waals surface area contributed by atoms with E-state index in [0.717, 1.165) is 25.8 Å². The molecular weight excluding hydrogens is 400 g/mol. The Balaban J connectivity index is 2.31. The smallest absolute Gasteiger partial charge is 0.311 e. The third kappa shape index (κ3) is 3.86. The molecule has 1 atom stereocenters. The molecule has 1 N–H and O–H groups in total. The predicted octanol–water partition coefficient (Wildman–Crippen LogP) is 4.63. The van der Waals surface area contributed by atoms with Crippen molar-refractivity contribution in [3.63, 3.8) is 0 Å². The lowest BCUT2D eigenvalue weighted by Crippen LogP contribution is -2.15. The number of rotatable bonds is 5. The van der Waals surface area contributed by atoms with Crippen LogP contribution >= 0.6 is 31.9 Å². The molecule has 0 aliphatic carbocycles. The van der Waals surface area contributed by atoms with Crippen molar-refractivity contribution in [1.29, 1.82) is 0 Å². The van der Waals surface area contributed by atoms with E-state index in [-0.39, 0.29) is 0 Å². The van der Waals surface area contributed by atoms with E-state index in [1.807, 2.05) is 42.5 Å². The first kappa shape index (κ1) is 16.0. The van der Waals surface area contributed by atoms with Gasteiger partial charge in [-0.05, 0) is 51.7 Å². The summed E-state index contributed by atoms with van der Waals surface area (Å²) in [5.74, 6) is -0.707. The number of carboxylic acids is 1. The van der Waals surface area contributed by atoms with E-state index >= 15 is 0 Å². The molecule has 0 bridgehead atoms. The van der Waals surface area contributed by atoms with Crippen LogP contribution in [0.3, 0.4) is 0 Å². The fraction of sp³-hybridized carbons (Fsp3) is 0.188. The predicted molar refractivity (Wildman–Crippen MR) is 88.9 cm³/mol. The van der Waals surface area contributed by atoms with Crippen LogP contribution in [0.5, 0.6) is 5.75 Å². The third-order valence-corrected chi connectivity index (χ3v) is 4.58. The van der Waals surface area contributed by atoms with Crippen LogP contribution in [0.15, 0.2) is 51.4 Å². The van der Waals surface area contributed by atoms with Crippen molar-refractivity contribution in [3.8, 4) is 5.75 Å². The summed E-state index contributed by atoms with van der Waals surface area (Å²) in [6.45, 7) is 0. The maximum absolute atomic E-state index is 11.6. The molecule has 3 nitrogen and oxygen atoms in total. The molecule has 0 aliphatic heterocycles. The lowest BCUT2D eigenvalue weighted by atomic mass is 9.92. The molecule has 1 unspecified atom stereocenters. The number of ether oxygens (including phenoxy) is 1. The van der Waals surface area contributed by atoms with Gasteiger partial charge in [-0.1, -0.05) is 40.2 Å². The van der Waals surface area contributed by atoms with Crippen molar-refractivity contribution in [2.45, 2.75) is 12.3 Å². The van der Waals surface area contributed by atoms with E-state index in [1.165, 1.54) is 0 Å². The molecule has 0 aliphatic rings. The number of carboxylic acid groups (broad SMARTS) is 1. The maximum Gasteiger partial charge on any atom is 0.311 e. The maximum atomic E-state index is 11.6. The van der Waals surface area contributed by atoms with E-state index in [4.69, 9.17) is 4.74 Å². The summed E-state index contributed by atoms with van der Waals surface area (Å²) in [7, 11) is 1.60. The summed E-state index contributed by atoms with van der Waals surface area (Å²) in [4.78, 5) is 11.6. The molecule has 0 aromatic heterocycles. The normalized spacial score (nSPS) is 12.0. The van der Waals surface area contributed by atoms with Gasteiger partial charge in [-0.2, -0.15) is 0 Å². The second-order valence-electron chi connectivity index (χ2n) is 4.59. The van der Waals surface area contributed by atoms with Crippen LogP contribution in [0, 0.1) is 0 Å². The van der Waals surface area contributed by atoms with Crippen molar-refractivity contribution in [3.05, 3.63) is 62.5 Å². The Hall–Kier alpha value is -1.33. The van der Waals surface area contributed by atoms with Gasteiger partial charge in [0, 0.05) is 4.47 Å². The van der Waals surface area contributed by atoms with Gasteiger partial charge >= 0.3 is 5.97 Å². The first-order valence-corrected chi connectivity index (χ1v) is 7.91. The van der Waals surface area contributed by atoms with Crippen molar-refractivity contribution in [1.82, 2.24) is 0 Å². The van der Waals surface area contributed by atoms with Gasteiger partial charge < -0.3 is 9.84 Å². The van der Waals surface area contributed by atoms with E-state index in [0.29, 0.717) is 6.42 Å². The summed E-state index contributed by atoms with van der Waals surface area (Å²) >= 11 is 6.85. The van der Waals surface area contributed by atoms with Crippen LogP contribution in [0.4, 0.5) is 0 Å². The SMILES string of the molecule is COc1ccc(CC(C(=O)O)c2ccccc2Br)cc1Br. The highest BCUT2D eigenvalue weighted by Crippen LogP contribution is 2.31. The highest BCUT2D eigenvalue weighted by atomic mass is 79.9. The largest absolute Gasteiger partial charge is 0.496 e. The topological polar surface area (TPSA) is 46.5 Å². The lowest BCUT2D eigenvalue weighted by molar-refractivity contribution is -0.138. The van der Waals surface area contributed by atoms with Crippen LogP contribution in [-0.4, -0.2) is 18.2 Å². The van der Waals surface area contributed by atoms with Crippen molar-refractivity contribution < 1.29 is 14.6 Å².